The van der Waals surface area contributed by atoms with Crippen LogP contribution in [0.4, 0.5) is 0 Å². The first-order valence-corrected chi connectivity index (χ1v) is 5.70. The second-order valence-electron chi connectivity index (χ2n) is 4.37. The van der Waals surface area contributed by atoms with E-state index in [1.54, 1.807) is 4.90 Å². The Balaban J connectivity index is 2.46. The lowest BCUT2D eigenvalue weighted by molar-refractivity contribution is -0.122. The summed E-state index contributed by atoms with van der Waals surface area (Å²) < 4.78 is 0. The minimum absolute atomic E-state index is 0.0476. The van der Waals surface area contributed by atoms with Crippen LogP contribution in [0, 0.1) is 0 Å². The monoisotopic (exact) mass is 236 g/mol. The fourth-order valence-electron chi connectivity index (χ4n) is 1.62. The molecule has 1 amide bonds. The van der Waals surface area contributed by atoms with Crippen molar-refractivity contribution in [2.45, 2.75) is 12.5 Å². The molecule has 1 aromatic rings. The second kappa shape index (κ2) is 7.04. The van der Waals surface area contributed by atoms with Gasteiger partial charge in [0.05, 0.1) is 19.2 Å². The van der Waals surface area contributed by atoms with Crippen molar-refractivity contribution in [1.29, 1.82) is 0 Å². The van der Waals surface area contributed by atoms with E-state index in [-0.39, 0.29) is 18.6 Å². The van der Waals surface area contributed by atoms with E-state index in [2.05, 4.69) is 5.32 Å². The summed E-state index contributed by atoms with van der Waals surface area (Å²) in [7, 11) is 3.68. The predicted molar refractivity (Wildman–Crippen MR) is 67.7 cm³/mol. The molecule has 1 aromatic carbocycles. The van der Waals surface area contributed by atoms with Crippen LogP contribution in [0.25, 0.3) is 0 Å². The standard InChI is InChI=1S/C13H20N2O2/c1-15(2)9-13(17)14-12(10-16)8-11-6-4-3-5-7-11/h3-7,12,16H,8-10H2,1-2H3,(H,14,17)/t12-/m1/s1. The highest BCUT2D eigenvalue weighted by molar-refractivity contribution is 5.78. The Kier molecular flexibility index (Phi) is 5.66. The molecule has 0 heterocycles. The number of nitrogens with one attached hydrogen (secondary N) is 1. The van der Waals surface area contributed by atoms with Crippen LogP contribution < -0.4 is 5.32 Å². The van der Waals surface area contributed by atoms with Gasteiger partial charge in [-0.3, -0.25) is 4.79 Å². The van der Waals surface area contributed by atoms with Gasteiger partial charge in [-0.15, -0.1) is 0 Å². The summed E-state index contributed by atoms with van der Waals surface area (Å²) in [6.45, 7) is 0.291. The quantitative estimate of drug-likeness (QED) is 0.745. The third kappa shape index (κ3) is 5.47. The summed E-state index contributed by atoms with van der Waals surface area (Å²) in [5.74, 6) is -0.0648. The first-order valence-electron chi connectivity index (χ1n) is 5.70. The number of carbonyl (C=O) groups is 1. The second-order valence-corrected chi connectivity index (χ2v) is 4.37. The minimum Gasteiger partial charge on any atom is -0.394 e. The summed E-state index contributed by atoms with van der Waals surface area (Å²) in [6, 6.07) is 9.60. The van der Waals surface area contributed by atoms with Crippen LogP contribution in [0.2, 0.25) is 0 Å². The van der Waals surface area contributed by atoms with Gasteiger partial charge >= 0.3 is 0 Å². The van der Waals surface area contributed by atoms with Gasteiger partial charge in [0.15, 0.2) is 0 Å². The van der Waals surface area contributed by atoms with E-state index in [0.717, 1.165) is 5.56 Å². The SMILES string of the molecule is CN(C)CC(=O)N[C@@H](CO)Cc1ccccc1. The normalized spacial score (nSPS) is 12.5. The van der Waals surface area contributed by atoms with Crippen molar-refractivity contribution in [3.63, 3.8) is 0 Å². The summed E-state index contributed by atoms with van der Waals surface area (Å²) in [5, 5.41) is 12.1. The molecule has 0 aliphatic carbocycles. The van der Waals surface area contributed by atoms with Crippen LogP contribution in [0.5, 0.6) is 0 Å². The molecule has 0 bridgehead atoms. The topological polar surface area (TPSA) is 52.6 Å². The van der Waals surface area contributed by atoms with Crippen LogP contribution in [-0.4, -0.2) is 49.2 Å². The molecule has 0 aliphatic heterocycles. The predicted octanol–water partition coefficient (Wildman–Crippen LogP) is 0.268. The van der Waals surface area contributed by atoms with Gasteiger partial charge in [0, 0.05) is 0 Å². The number of rotatable bonds is 6. The Morgan fingerprint density at radius 3 is 2.53 bits per heavy atom. The Labute approximate surface area is 102 Å². The molecule has 17 heavy (non-hydrogen) atoms. The summed E-state index contributed by atoms with van der Waals surface area (Å²) in [5.41, 5.74) is 1.11. The first kappa shape index (κ1) is 13.7. The molecule has 0 aromatic heterocycles. The molecule has 0 unspecified atom stereocenters. The smallest absolute Gasteiger partial charge is 0.234 e. The number of aliphatic hydroxyl groups is 1. The molecule has 4 nitrogen and oxygen atoms in total. The van der Waals surface area contributed by atoms with Gasteiger partial charge in [0.25, 0.3) is 0 Å². The van der Waals surface area contributed by atoms with Gasteiger partial charge in [-0.05, 0) is 26.1 Å². The maximum Gasteiger partial charge on any atom is 0.234 e. The maximum atomic E-state index is 11.5. The number of hydrogen-bond donors (Lipinski definition) is 2. The number of hydrogen-bond acceptors (Lipinski definition) is 3. The van der Waals surface area contributed by atoms with E-state index in [0.29, 0.717) is 13.0 Å². The fraction of sp³-hybridized carbons (Fsp3) is 0.462. The number of amides is 1. The van der Waals surface area contributed by atoms with E-state index in [1.807, 2.05) is 44.4 Å². The Bertz CT molecular complexity index is 339. The Morgan fingerprint density at radius 1 is 1.35 bits per heavy atom. The van der Waals surface area contributed by atoms with Gasteiger partial charge in [-0.2, -0.15) is 0 Å². The van der Waals surface area contributed by atoms with Crippen LogP contribution in [0.3, 0.4) is 0 Å². The van der Waals surface area contributed by atoms with Crippen LogP contribution in [-0.2, 0) is 11.2 Å². The lowest BCUT2D eigenvalue weighted by Crippen LogP contribution is -2.43. The summed E-state index contributed by atoms with van der Waals surface area (Å²) >= 11 is 0. The molecular weight excluding hydrogens is 216 g/mol. The van der Waals surface area contributed by atoms with Crippen LogP contribution in [0.1, 0.15) is 5.56 Å². The maximum absolute atomic E-state index is 11.5. The minimum atomic E-state index is -0.218. The molecule has 0 fully saturated rings. The third-order valence-electron chi connectivity index (χ3n) is 2.37. The Morgan fingerprint density at radius 2 is 2.00 bits per heavy atom. The zero-order valence-corrected chi connectivity index (χ0v) is 10.4. The molecule has 0 aliphatic rings. The van der Waals surface area contributed by atoms with Crippen molar-refractivity contribution in [3.8, 4) is 0 Å². The van der Waals surface area contributed by atoms with E-state index in [4.69, 9.17) is 0 Å². The zero-order chi connectivity index (χ0) is 12.7. The largest absolute Gasteiger partial charge is 0.394 e. The lowest BCUT2D eigenvalue weighted by Gasteiger charge is -2.18. The molecule has 94 valence electrons. The van der Waals surface area contributed by atoms with E-state index in [1.165, 1.54) is 0 Å². The number of aliphatic hydroxyl groups excluding tert-OH is 1. The van der Waals surface area contributed by atoms with Gasteiger partial charge < -0.3 is 15.3 Å². The van der Waals surface area contributed by atoms with Crippen LogP contribution in [0.15, 0.2) is 30.3 Å². The number of benzene rings is 1. The molecule has 1 rings (SSSR count). The first-order chi connectivity index (χ1) is 8.11. The van der Waals surface area contributed by atoms with Gasteiger partial charge in [0.1, 0.15) is 0 Å². The summed E-state index contributed by atoms with van der Waals surface area (Å²) in [6.07, 6.45) is 0.649. The molecule has 0 radical (unpaired) electrons. The average Bonchev–Trinajstić information content (AvgIpc) is 2.28. The summed E-state index contributed by atoms with van der Waals surface area (Å²) in [4.78, 5) is 13.3. The van der Waals surface area contributed by atoms with Gasteiger partial charge in [-0.1, -0.05) is 30.3 Å². The molecule has 0 spiro atoms. The Hall–Kier alpha value is -1.39. The molecule has 4 heteroatoms. The molecule has 1 atom stereocenters. The number of likely N-dealkylation sites (N-methyl/N-ethyl adjacent to an activating group) is 1. The fourth-order valence-corrected chi connectivity index (χ4v) is 1.62. The highest BCUT2D eigenvalue weighted by atomic mass is 16.3. The highest BCUT2D eigenvalue weighted by Gasteiger charge is 2.12. The van der Waals surface area contributed by atoms with E-state index < -0.39 is 0 Å². The van der Waals surface area contributed by atoms with Crippen molar-refractivity contribution in [1.82, 2.24) is 10.2 Å². The molecule has 0 saturated carbocycles. The number of nitrogens with zero attached hydrogens (tertiary/aromatic N) is 1. The van der Waals surface area contributed by atoms with E-state index >= 15 is 0 Å². The van der Waals surface area contributed by atoms with Crippen molar-refractivity contribution < 1.29 is 9.90 Å². The molecule has 0 saturated heterocycles. The molecular formula is C13H20N2O2. The lowest BCUT2D eigenvalue weighted by atomic mass is 10.1. The third-order valence-corrected chi connectivity index (χ3v) is 2.37. The van der Waals surface area contributed by atoms with Crippen molar-refractivity contribution in [2.75, 3.05) is 27.2 Å². The van der Waals surface area contributed by atoms with E-state index in [9.17, 15) is 9.90 Å². The average molecular weight is 236 g/mol. The highest BCUT2D eigenvalue weighted by Crippen LogP contribution is 2.02. The van der Waals surface area contributed by atoms with Crippen LogP contribution >= 0.6 is 0 Å². The van der Waals surface area contributed by atoms with Gasteiger partial charge in [0.2, 0.25) is 5.91 Å². The number of carbonyl (C=O) groups excluding carboxylic acids is 1. The van der Waals surface area contributed by atoms with Crippen molar-refractivity contribution >= 4 is 5.91 Å². The molecule has 2 N–H and O–H groups in total. The van der Waals surface area contributed by atoms with Crippen molar-refractivity contribution in [3.05, 3.63) is 35.9 Å². The zero-order valence-electron chi connectivity index (χ0n) is 10.4. The van der Waals surface area contributed by atoms with Gasteiger partial charge in [-0.25, -0.2) is 0 Å². The van der Waals surface area contributed by atoms with Crippen molar-refractivity contribution in [2.24, 2.45) is 0 Å².